The topological polar surface area (TPSA) is 42.4 Å². The molecule has 1 aromatic heterocycles. The lowest BCUT2D eigenvalue weighted by Crippen LogP contribution is -2.40. The van der Waals surface area contributed by atoms with Crippen LogP contribution in [0.15, 0.2) is 85.1 Å². The molecule has 4 nitrogen and oxygen atoms in total. The highest BCUT2D eigenvalue weighted by molar-refractivity contribution is 6.02. The molecule has 3 aromatic carbocycles. The highest BCUT2D eigenvalue weighted by atomic mass is 16.5. The van der Waals surface area contributed by atoms with E-state index in [1.54, 1.807) is 0 Å². The Labute approximate surface area is 175 Å². The van der Waals surface area contributed by atoms with E-state index in [9.17, 15) is 4.79 Å². The van der Waals surface area contributed by atoms with Gasteiger partial charge in [-0.1, -0.05) is 54.6 Å². The van der Waals surface area contributed by atoms with Gasteiger partial charge in [-0.3, -0.25) is 9.78 Å². The first-order valence-corrected chi connectivity index (χ1v) is 10.2. The number of hydrogen-bond donors (Lipinski definition) is 0. The number of fused-ring (bicyclic) bond motifs is 1. The molecule has 1 aliphatic heterocycles. The smallest absolute Gasteiger partial charge is 0.254 e. The van der Waals surface area contributed by atoms with Crippen molar-refractivity contribution in [2.24, 2.45) is 0 Å². The number of ether oxygens (including phenoxy) is 1. The van der Waals surface area contributed by atoms with Crippen LogP contribution in [0.3, 0.4) is 0 Å². The maximum absolute atomic E-state index is 12.9. The Bertz CT molecular complexity index is 1180. The van der Waals surface area contributed by atoms with Crippen LogP contribution >= 0.6 is 0 Å². The van der Waals surface area contributed by atoms with Gasteiger partial charge in [-0.25, -0.2) is 0 Å². The van der Waals surface area contributed by atoms with Crippen molar-refractivity contribution in [2.45, 2.75) is 0 Å². The van der Waals surface area contributed by atoms with Gasteiger partial charge < -0.3 is 9.64 Å². The molecule has 0 saturated carbocycles. The van der Waals surface area contributed by atoms with Gasteiger partial charge in [0.25, 0.3) is 5.91 Å². The zero-order valence-corrected chi connectivity index (χ0v) is 16.6. The van der Waals surface area contributed by atoms with Crippen molar-refractivity contribution in [1.82, 2.24) is 9.88 Å². The zero-order valence-electron chi connectivity index (χ0n) is 16.6. The average Bonchev–Trinajstić information content (AvgIpc) is 2.84. The Morgan fingerprint density at radius 1 is 0.800 bits per heavy atom. The minimum Gasteiger partial charge on any atom is -0.378 e. The van der Waals surface area contributed by atoms with E-state index in [0.29, 0.717) is 31.9 Å². The van der Waals surface area contributed by atoms with Gasteiger partial charge in [0, 0.05) is 30.2 Å². The normalized spacial score (nSPS) is 14.1. The predicted octanol–water partition coefficient (Wildman–Crippen LogP) is 5.04. The van der Waals surface area contributed by atoms with Crippen molar-refractivity contribution in [2.75, 3.05) is 26.3 Å². The third kappa shape index (κ3) is 3.58. The number of hydrogen-bond acceptors (Lipinski definition) is 3. The lowest BCUT2D eigenvalue weighted by Gasteiger charge is -2.27. The monoisotopic (exact) mass is 394 g/mol. The van der Waals surface area contributed by atoms with Crippen molar-refractivity contribution < 1.29 is 9.53 Å². The molecule has 5 rings (SSSR count). The van der Waals surface area contributed by atoms with Crippen molar-refractivity contribution in [3.05, 3.63) is 90.6 Å². The molecule has 0 radical (unpaired) electrons. The van der Waals surface area contributed by atoms with Crippen LogP contribution in [-0.4, -0.2) is 42.1 Å². The summed E-state index contributed by atoms with van der Waals surface area (Å²) in [4.78, 5) is 19.3. The Morgan fingerprint density at radius 3 is 2.27 bits per heavy atom. The molecule has 4 heteroatoms. The molecule has 148 valence electrons. The summed E-state index contributed by atoms with van der Waals surface area (Å²) >= 11 is 0. The van der Waals surface area contributed by atoms with Crippen LogP contribution in [0.5, 0.6) is 0 Å². The highest BCUT2D eigenvalue weighted by Crippen LogP contribution is 2.30. The number of amides is 1. The van der Waals surface area contributed by atoms with Crippen LogP contribution in [0, 0.1) is 0 Å². The van der Waals surface area contributed by atoms with Crippen LogP contribution in [0.25, 0.3) is 33.2 Å². The van der Waals surface area contributed by atoms with Gasteiger partial charge in [0.15, 0.2) is 0 Å². The number of aromatic nitrogens is 1. The number of benzene rings is 3. The highest BCUT2D eigenvalue weighted by Gasteiger charge is 2.19. The Kier molecular flexibility index (Phi) is 4.99. The second kappa shape index (κ2) is 8.09. The third-order valence-electron chi connectivity index (χ3n) is 5.59. The number of pyridine rings is 1. The van der Waals surface area contributed by atoms with Gasteiger partial charge in [0.1, 0.15) is 0 Å². The first-order chi connectivity index (χ1) is 14.8. The van der Waals surface area contributed by atoms with Crippen molar-refractivity contribution in [1.29, 1.82) is 0 Å². The van der Waals surface area contributed by atoms with E-state index >= 15 is 0 Å². The lowest BCUT2D eigenvalue weighted by atomic mass is 9.97. The van der Waals surface area contributed by atoms with Crippen LogP contribution in [-0.2, 0) is 4.74 Å². The van der Waals surface area contributed by atoms with Crippen LogP contribution in [0.1, 0.15) is 10.4 Å². The van der Waals surface area contributed by atoms with Crippen LogP contribution in [0.4, 0.5) is 0 Å². The van der Waals surface area contributed by atoms with Gasteiger partial charge in [0.05, 0.1) is 18.7 Å². The number of rotatable bonds is 3. The standard InChI is InChI=1S/C26H22N2O2/c29-26(28-14-16-30-17-15-28)22-10-11-25-24(18-22)23(12-13-27-25)21-8-6-20(7-9-21)19-4-2-1-3-5-19/h1-13,18H,14-17H2. The predicted molar refractivity (Wildman–Crippen MR) is 119 cm³/mol. The van der Waals surface area contributed by atoms with Crippen LogP contribution < -0.4 is 0 Å². The van der Waals surface area contributed by atoms with E-state index in [0.717, 1.165) is 22.0 Å². The number of nitrogens with zero attached hydrogens (tertiary/aromatic N) is 2. The quantitative estimate of drug-likeness (QED) is 0.489. The fourth-order valence-corrected chi connectivity index (χ4v) is 3.95. The maximum atomic E-state index is 12.9. The van der Waals surface area contributed by atoms with E-state index < -0.39 is 0 Å². The molecule has 2 heterocycles. The number of morpholine rings is 1. The molecule has 0 N–H and O–H groups in total. The summed E-state index contributed by atoms with van der Waals surface area (Å²) in [6.07, 6.45) is 1.83. The van der Waals surface area contributed by atoms with Crippen molar-refractivity contribution in [3.8, 4) is 22.3 Å². The second-order valence-electron chi connectivity index (χ2n) is 7.44. The summed E-state index contributed by atoms with van der Waals surface area (Å²) in [6, 6.07) is 26.7. The van der Waals surface area contributed by atoms with E-state index in [2.05, 4.69) is 41.4 Å². The summed E-state index contributed by atoms with van der Waals surface area (Å²) in [6.45, 7) is 2.47. The second-order valence-corrected chi connectivity index (χ2v) is 7.44. The average molecular weight is 394 g/mol. The summed E-state index contributed by atoms with van der Waals surface area (Å²) in [7, 11) is 0. The van der Waals surface area contributed by atoms with E-state index in [-0.39, 0.29) is 5.91 Å². The fraction of sp³-hybridized carbons (Fsp3) is 0.154. The van der Waals surface area contributed by atoms with Crippen LogP contribution in [0.2, 0.25) is 0 Å². The lowest BCUT2D eigenvalue weighted by molar-refractivity contribution is 0.0303. The summed E-state index contributed by atoms with van der Waals surface area (Å²) < 4.78 is 5.37. The molecule has 30 heavy (non-hydrogen) atoms. The first-order valence-electron chi connectivity index (χ1n) is 10.2. The molecule has 1 saturated heterocycles. The number of carbonyl (C=O) groups excluding carboxylic acids is 1. The minimum atomic E-state index is 0.0504. The first kappa shape index (κ1) is 18.5. The molecule has 0 bridgehead atoms. The Morgan fingerprint density at radius 2 is 1.50 bits per heavy atom. The number of carbonyl (C=O) groups is 1. The van der Waals surface area contributed by atoms with Crippen molar-refractivity contribution >= 4 is 16.8 Å². The summed E-state index contributed by atoms with van der Waals surface area (Å²) in [5.41, 5.74) is 6.15. The molecule has 0 aliphatic carbocycles. The minimum absolute atomic E-state index is 0.0504. The molecule has 4 aromatic rings. The SMILES string of the molecule is O=C(c1ccc2nccc(-c3ccc(-c4ccccc4)cc3)c2c1)N1CCOCC1. The molecular weight excluding hydrogens is 372 g/mol. The molecule has 0 unspecified atom stereocenters. The molecule has 1 amide bonds. The van der Waals surface area contributed by atoms with Crippen molar-refractivity contribution in [3.63, 3.8) is 0 Å². The van der Waals surface area contributed by atoms with Gasteiger partial charge in [-0.15, -0.1) is 0 Å². The summed E-state index contributed by atoms with van der Waals surface area (Å²) in [5, 5.41) is 0.990. The van der Waals surface area contributed by atoms with Gasteiger partial charge >= 0.3 is 0 Å². The van der Waals surface area contributed by atoms with E-state index in [4.69, 9.17) is 4.74 Å². The van der Waals surface area contributed by atoms with Gasteiger partial charge in [-0.05, 0) is 46.5 Å². The zero-order chi connectivity index (χ0) is 20.3. The molecule has 1 fully saturated rings. The summed E-state index contributed by atoms with van der Waals surface area (Å²) in [5.74, 6) is 0.0504. The van der Waals surface area contributed by atoms with E-state index in [1.807, 2.05) is 53.6 Å². The molecule has 1 aliphatic rings. The Balaban J connectivity index is 1.52. The molecule has 0 atom stereocenters. The molecular formula is C26H22N2O2. The van der Waals surface area contributed by atoms with Gasteiger partial charge in [-0.2, -0.15) is 0 Å². The largest absolute Gasteiger partial charge is 0.378 e. The third-order valence-corrected chi connectivity index (χ3v) is 5.59. The fourth-order valence-electron chi connectivity index (χ4n) is 3.95. The van der Waals surface area contributed by atoms with E-state index in [1.165, 1.54) is 11.1 Å². The molecule has 0 spiro atoms. The van der Waals surface area contributed by atoms with Gasteiger partial charge in [0.2, 0.25) is 0 Å². The Hall–Kier alpha value is -3.50. The maximum Gasteiger partial charge on any atom is 0.254 e.